The number of carbonyl (C=O) groups excluding carboxylic acids is 2. The minimum atomic E-state index is -5.99. The Morgan fingerprint density at radius 3 is 2.60 bits per heavy atom. The molecule has 2 N–H and O–H groups in total. The molecule has 2 heterocycles. The molecule has 0 bridgehead atoms. The highest BCUT2D eigenvalue weighted by atomic mass is 32.2. The molecule has 0 aromatic carbocycles. The molecule has 0 aliphatic carbocycles. The number of ketones is 1. The van der Waals surface area contributed by atoms with Gasteiger partial charge in [0.2, 0.25) is 0 Å². The quantitative estimate of drug-likeness (QED) is 0.352. The second-order valence-corrected chi connectivity index (χ2v) is 7.62. The molecule has 1 aromatic heterocycles. The number of carbonyl (C=O) groups is 2. The van der Waals surface area contributed by atoms with E-state index < -0.39 is 25.9 Å². The minimum Gasteiger partial charge on any atom is -0.346 e. The number of Topliss-reactive ketones (excluding diaryl/α,β-unsaturated/α-hetero) is 1. The maximum atomic E-state index is 12.5. The molecule has 1 aliphatic heterocycles. The van der Waals surface area contributed by atoms with Crippen LogP contribution in [0.2, 0.25) is 0 Å². The fourth-order valence-electron chi connectivity index (χ4n) is 1.90. The van der Waals surface area contributed by atoms with Crippen molar-refractivity contribution in [2.24, 2.45) is 5.84 Å². The Kier molecular flexibility index (Phi) is 5.34. The van der Waals surface area contributed by atoms with Crippen LogP contribution >= 0.6 is 11.3 Å². The molecule has 25 heavy (non-hydrogen) atoms. The van der Waals surface area contributed by atoms with Crippen molar-refractivity contribution in [1.82, 2.24) is 9.31 Å². The first-order valence-electron chi connectivity index (χ1n) is 6.64. The number of halogens is 3. The molecule has 1 amide bonds. The predicted molar refractivity (Wildman–Crippen MR) is 83.2 cm³/mol. The number of thiophene rings is 1. The molecule has 0 saturated heterocycles. The van der Waals surface area contributed by atoms with E-state index in [1.165, 1.54) is 28.5 Å². The molecule has 1 aliphatic rings. The summed E-state index contributed by atoms with van der Waals surface area (Å²) >= 11 is 1.22. The smallest absolute Gasteiger partial charge is 0.346 e. The van der Waals surface area contributed by atoms with Crippen molar-refractivity contribution in [2.45, 2.75) is 11.9 Å². The Balaban J connectivity index is 2.15. The number of nitrogens with two attached hydrogens (primary N) is 1. The third kappa shape index (κ3) is 4.08. The summed E-state index contributed by atoms with van der Waals surface area (Å²) in [5.41, 5.74) is -5.99. The topological polar surface area (TPSA) is 101 Å². The maximum absolute atomic E-state index is 12.5. The summed E-state index contributed by atoms with van der Waals surface area (Å²) in [6, 6.07) is 3.29. The van der Waals surface area contributed by atoms with Crippen LogP contribution < -0.4 is 5.84 Å². The number of hydrogen-bond acceptors (Lipinski definition) is 7. The highest BCUT2D eigenvalue weighted by molar-refractivity contribution is 7.90. The Labute approximate surface area is 144 Å². The van der Waals surface area contributed by atoms with Crippen LogP contribution in [0.3, 0.4) is 0 Å². The van der Waals surface area contributed by atoms with Crippen molar-refractivity contribution in [2.75, 3.05) is 6.54 Å². The lowest BCUT2D eigenvalue weighted by atomic mass is 10.1. The van der Waals surface area contributed by atoms with Gasteiger partial charge in [0.25, 0.3) is 5.91 Å². The van der Waals surface area contributed by atoms with Crippen LogP contribution in [0.15, 0.2) is 41.6 Å². The lowest BCUT2D eigenvalue weighted by Gasteiger charge is -2.23. The van der Waals surface area contributed by atoms with Crippen LogP contribution in [0, 0.1) is 0 Å². The van der Waals surface area contributed by atoms with Gasteiger partial charge in [-0.3, -0.25) is 9.59 Å². The lowest BCUT2D eigenvalue weighted by Crippen LogP contribution is -2.49. The fourth-order valence-corrected chi connectivity index (χ4v) is 3.11. The summed E-state index contributed by atoms with van der Waals surface area (Å²) in [6.07, 6.45) is 3.84. The molecule has 0 radical (unpaired) electrons. The number of rotatable bonds is 5. The number of allylic oxidation sites excluding steroid dienone is 1. The third-order valence-corrected chi connectivity index (χ3v) is 5.28. The molecule has 7 nitrogen and oxygen atoms in total. The summed E-state index contributed by atoms with van der Waals surface area (Å²) < 4.78 is 59.0. The molecular formula is C13H12F3N3O4S2. The van der Waals surface area contributed by atoms with E-state index in [-0.39, 0.29) is 24.3 Å². The molecule has 0 spiro atoms. The van der Waals surface area contributed by atoms with Gasteiger partial charge in [-0.1, -0.05) is 12.1 Å². The first-order valence-corrected chi connectivity index (χ1v) is 8.96. The minimum absolute atomic E-state index is 0.121. The Morgan fingerprint density at radius 1 is 1.36 bits per heavy atom. The van der Waals surface area contributed by atoms with Crippen molar-refractivity contribution in [1.29, 1.82) is 0 Å². The van der Waals surface area contributed by atoms with E-state index in [0.717, 1.165) is 6.20 Å². The average molecular weight is 395 g/mol. The van der Waals surface area contributed by atoms with Crippen molar-refractivity contribution in [3.8, 4) is 0 Å². The number of hydrogen-bond donors (Lipinski definition) is 1. The zero-order valence-electron chi connectivity index (χ0n) is 12.4. The molecule has 0 saturated carbocycles. The van der Waals surface area contributed by atoms with Gasteiger partial charge in [-0.2, -0.15) is 26.0 Å². The first-order chi connectivity index (χ1) is 11.5. The summed E-state index contributed by atoms with van der Waals surface area (Å²) in [7, 11) is -5.99. The lowest BCUT2D eigenvalue weighted by molar-refractivity contribution is -0.124. The van der Waals surface area contributed by atoms with E-state index in [1.54, 1.807) is 17.5 Å². The summed E-state index contributed by atoms with van der Waals surface area (Å²) in [4.78, 5) is 25.7. The summed E-state index contributed by atoms with van der Waals surface area (Å²) in [6.45, 7) is -0.162. The van der Waals surface area contributed by atoms with E-state index in [0.29, 0.717) is 4.88 Å². The molecule has 136 valence electrons. The molecule has 0 atom stereocenters. The number of amides is 1. The maximum Gasteiger partial charge on any atom is 0.518 e. The zero-order valence-corrected chi connectivity index (χ0v) is 14.1. The second-order valence-electron chi connectivity index (χ2n) is 4.87. The van der Waals surface area contributed by atoms with Gasteiger partial charge in [0.05, 0.1) is 11.4 Å². The van der Waals surface area contributed by atoms with Crippen LogP contribution in [-0.4, -0.2) is 41.5 Å². The van der Waals surface area contributed by atoms with Crippen LogP contribution in [0.25, 0.3) is 0 Å². The molecular weight excluding hydrogens is 383 g/mol. The zero-order chi connectivity index (χ0) is 18.8. The number of alkyl halides is 3. The first kappa shape index (κ1) is 19.1. The van der Waals surface area contributed by atoms with Crippen LogP contribution in [0.4, 0.5) is 13.2 Å². The van der Waals surface area contributed by atoms with Gasteiger partial charge in [-0.15, -0.1) is 11.3 Å². The van der Waals surface area contributed by atoms with Crippen molar-refractivity contribution < 1.29 is 31.2 Å². The highest BCUT2D eigenvalue weighted by Gasteiger charge is 2.51. The summed E-state index contributed by atoms with van der Waals surface area (Å²) in [5, 5.41) is 1.71. The molecule has 2 rings (SSSR count). The van der Waals surface area contributed by atoms with Gasteiger partial charge in [-0.05, 0) is 17.9 Å². The molecule has 1 aromatic rings. The third-order valence-electron chi connectivity index (χ3n) is 3.10. The van der Waals surface area contributed by atoms with E-state index in [2.05, 4.69) is 0 Å². The monoisotopic (exact) mass is 395 g/mol. The Bertz CT molecular complexity index is 829. The number of nitrogens with zero attached hydrogens (tertiary/aromatic N) is 2. The molecule has 12 heteroatoms. The van der Waals surface area contributed by atoms with Gasteiger partial charge >= 0.3 is 15.5 Å². The second kappa shape index (κ2) is 6.98. The highest BCUT2D eigenvalue weighted by Crippen LogP contribution is 2.27. The van der Waals surface area contributed by atoms with E-state index in [9.17, 15) is 31.2 Å². The Hall–Kier alpha value is -2.18. The van der Waals surface area contributed by atoms with Crippen LogP contribution in [0.1, 0.15) is 16.1 Å². The Morgan fingerprint density at radius 2 is 2.04 bits per heavy atom. The van der Waals surface area contributed by atoms with Gasteiger partial charge in [0.1, 0.15) is 0 Å². The largest absolute Gasteiger partial charge is 0.518 e. The normalized spacial score (nSPS) is 15.0. The number of hydrazine groups is 1. The average Bonchev–Trinajstić information content (AvgIpc) is 3.07. The van der Waals surface area contributed by atoms with Gasteiger partial charge in [0.15, 0.2) is 5.78 Å². The van der Waals surface area contributed by atoms with Crippen molar-refractivity contribution >= 4 is 33.1 Å². The van der Waals surface area contributed by atoms with Crippen LogP contribution in [-0.2, 0) is 14.8 Å². The molecule has 0 unspecified atom stereocenters. The standard InChI is InChI=1S/C13H12F3N3O4S2/c14-13(15,16)25(22,23)19(17)12(21)9-3-1-5-18(7-9)8-10(20)11-4-2-6-24-11/h1-2,4-7H,3,8,17H2. The summed E-state index contributed by atoms with van der Waals surface area (Å²) in [5.74, 6) is 3.08. The van der Waals surface area contributed by atoms with Crippen molar-refractivity contribution in [3.63, 3.8) is 0 Å². The number of sulfonamides is 1. The van der Waals surface area contributed by atoms with Gasteiger partial charge < -0.3 is 4.90 Å². The van der Waals surface area contributed by atoms with E-state index in [1.807, 2.05) is 0 Å². The SMILES string of the molecule is NN(C(=O)C1=CN(CC(=O)c2cccs2)C=CC1)S(=O)(=O)C(F)(F)F. The fraction of sp³-hybridized carbons (Fsp3) is 0.231. The van der Waals surface area contributed by atoms with Crippen LogP contribution in [0.5, 0.6) is 0 Å². The predicted octanol–water partition coefficient (Wildman–Crippen LogP) is 1.59. The van der Waals surface area contributed by atoms with E-state index >= 15 is 0 Å². The molecule has 0 fully saturated rings. The van der Waals surface area contributed by atoms with Crippen molar-refractivity contribution in [3.05, 3.63) is 46.4 Å². The van der Waals surface area contributed by atoms with Gasteiger partial charge in [0, 0.05) is 18.0 Å². The van der Waals surface area contributed by atoms with Gasteiger partial charge in [-0.25, -0.2) is 5.84 Å². The van der Waals surface area contributed by atoms with E-state index in [4.69, 9.17) is 5.84 Å².